The quantitative estimate of drug-likeness (QED) is 0.0211. The summed E-state index contributed by atoms with van der Waals surface area (Å²) >= 11 is 0. The van der Waals surface area contributed by atoms with Crippen molar-refractivity contribution in [1.82, 2.24) is 0 Å². The van der Waals surface area contributed by atoms with E-state index in [9.17, 15) is 19.0 Å². The van der Waals surface area contributed by atoms with E-state index in [0.29, 0.717) is 23.9 Å². The molecule has 92 heavy (non-hydrogen) atoms. The number of nitrogens with zero attached hydrogens (tertiary/aromatic N) is 1. The largest absolute Gasteiger partial charge is 0.472 e. The summed E-state index contributed by atoms with van der Waals surface area (Å²) in [4.78, 5) is 36.0. The Morgan fingerprint density at radius 1 is 0.348 bits per heavy atom. The fourth-order valence-electron chi connectivity index (χ4n) is 11.7. The molecule has 2 atom stereocenters. The molecule has 538 valence electrons. The van der Waals surface area contributed by atoms with Gasteiger partial charge in [-0.1, -0.05) is 363 Å². The first-order chi connectivity index (χ1) is 45.0. The molecule has 0 aromatic rings. The highest BCUT2D eigenvalue weighted by Gasteiger charge is 2.27. The zero-order chi connectivity index (χ0) is 66.9. The van der Waals surface area contributed by atoms with Gasteiger partial charge in [0.2, 0.25) is 0 Å². The van der Waals surface area contributed by atoms with Crippen LogP contribution in [0.3, 0.4) is 0 Å². The van der Waals surface area contributed by atoms with Gasteiger partial charge >= 0.3 is 19.8 Å². The van der Waals surface area contributed by atoms with Crippen molar-refractivity contribution in [3.8, 4) is 0 Å². The molecule has 0 aromatic heterocycles. The number of rotatable bonds is 74. The van der Waals surface area contributed by atoms with Crippen molar-refractivity contribution in [2.24, 2.45) is 0 Å². The highest BCUT2D eigenvalue weighted by molar-refractivity contribution is 7.47. The molecule has 0 aromatic carbocycles. The summed E-state index contributed by atoms with van der Waals surface area (Å²) in [5.74, 6) is -0.775. The topological polar surface area (TPSA) is 108 Å². The number of unbranched alkanes of at least 4 members (excludes halogenated alkanes) is 48. The van der Waals surface area contributed by atoms with E-state index < -0.39 is 26.5 Å². The van der Waals surface area contributed by atoms with Crippen LogP contribution in [-0.2, 0) is 32.7 Å². The summed E-state index contributed by atoms with van der Waals surface area (Å²) in [5, 5.41) is 0. The predicted molar refractivity (Wildman–Crippen MR) is 399 cm³/mol. The van der Waals surface area contributed by atoms with Gasteiger partial charge in [-0.15, -0.1) is 0 Å². The summed E-state index contributed by atoms with van der Waals surface area (Å²) < 4.78 is 34.8. The number of allylic oxidation sites excluding steroid dienone is 12. The van der Waals surface area contributed by atoms with Crippen LogP contribution in [0.2, 0.25) is 0 Å². The number of carbonyl (C=O) groups is 2. The first-order valence-electron chi connectivity index (χ1n) is 39.7. The number of hydrogen-bond acceptors (Lipinski definition) is 7. The lowest BCUT2D eigenvalue weighted by molar-refractivity contribution is -0.870. The molecule has 0 saturated carbocycles. The molecule has 0 fully saturated rings. The van der Waals surface area contributed by atoms with Gasteiger partial charge in [0.15, 0.2) is 6.10 Å². The van der Waals surface area contributed by atoms with Crippen molar-refractivity contribution in [3.63, 3.8) is 0 Å². The fraction of sp³-hybridized carbons (Fsp3) is 0.829. The summed E-state index contributed by atoms with van der Waals surface area (Å²) in [7, 11) is 1.50. The van der Waals surface area contributed by atoms with Gasteiger partial charge in [-0.25, -0.2) is 4.57 Å². The molecule has 0 aliphatic rings. The summed E-state index contributed by atoms with van der Waals surface area (Å²) in [6, 6.07) is 0. The van der Waals surface area contributed by atoms with Crippen LogP contribution >= 0.6 is 7.82 Å². The van der Waals surface area contributed by atoms with E-state index in [1.165, 1.54) is 289 Å². The lowest BCUT2D eigenvalue weighted by atomic mass is 10.0. The van der Waals surface area contributed by atoms with E-state index in [2.05, 4.69) is 86.8 Å². The Balaban J connectivity index is 3.92. The van der Waals surface area contributed by atoms with Gasteiger partial charge in [0.25, 0.3) is 0 Å². The molecule has 10 heteroatoms. The van der Waals surface area contributed by atoms with Crippen molar-refractivity contribution in [3.05, 3.63) is 72.9 Å². The molecule has 0 bridgehead atoms. The number of hydrogen-bond donors (Lipinski definition) is 1. The minimum absolute atomic E-state index is 0.0336. The van der Waals surface area contributed by atoms with Crippen molar-refractivity contribution in [2.45, 2.75) is 392 Å². The second-order valence-corrected chi connectivity index (χ2v) is 29.5. The first kappa shape index (κ1) is 89.5. The predicted octanol–water partition coefficient (Wildman–Crippen LogP) is 26.3. The third kappa shape index (κ3) is 76.5. The number of quaternary nitrogens is 1. The van der Waals surface area contributed by atoms with Crippen molar-refractivity contribution >= 4 is 19.8 Å². The fourth-order valence-corrected chi connectivity index (χ4v) is 12.4. The van der Waals surface area contributed by atoms with Gasteiger partial charge in [-0.3, -0.25) is 18.6 Å². The van der Waals surface area contributed by atoms with Crippen LogP contribution in [0.15, 0.2) is 72.9 Å². The third-order valence-electron chi connectivity index (χ3n) is 17.7. The maximum atomic E-state index is 12.9. The van der Waals surface area contributed by atoms with E-state index in [4.69, 9.17) is 18.5 Å². The Hall–Kier alpha value is -2.55. The number of ether oxygens (including phenoxy) is 2. The molecule has 1 N–H and O–H groups in total. The van der Waals surface area contributed by atoms with E-state index >= 15 is 0 Å². The molecular formula is C82H153NO8P+. The van der Waals surface area contributed by atoms with Crippen molar-refractivity contribution < 1.29 is 42.1 Å². The van der Waals surface area contributed by atoms with Gasteiger partial charge in [0.05, 0.1) is 27.7 Å². The summed E-state index contributed by atoms with van der Waals surface area (Å²) in [5.41, 5.74) is 0. The van der Waals surface area contributed by atoms with Gasteiger partial charge < -0.3 is 18.9 Å². The van der Waals surface area contributed by atoms with E-state index in [1.54, 1.807) is 0 Å². The van der Waals surface area contributed by atoms with E-state index in [0.717, 1.165) is 64.2 Å². The van der Waals surface area contributed by atoms with Gasteiger partial charge in [-0.2, -0.15) is 0 Å². The molecule has 0 heterocycles. The van der Waals surface area contributed by atoms with Crippen LogP contribution in [0.5, 0.6) is 0 Å². The molecule has 0 spiro atoms. The summed E-state index contributed by atoms with van der Waals surface area (Å²) in [6.07, 6.45) is 99.1. The Morgan fingerprint density at radius 2 is 0.620 bits per heavy atom. The lowest BCUT2D eigenvalue weighted by Gasteiger charge is -2.24. The maximum Gasteiger partial charge on any atom is 0.472 e. The third-order valence-corrected chi connectivity index (χ3v) is 18.7. The lowest BCUT2D eigenvalue weighted by Crippen LogP contribution is -2.37. The standard InChI is InChI=1S/C82H152NO8P/c1-6-8-10-12-14-16-18-20-22-24-26-28-30-32-34-36-37-38-39-40-41-42-43-44-45-47-49-51-53-55-57-59-61-63-65-67-69-71-73-75-82(85)91-80(79-90-92(86,87)89-77-76-83(3,4)5)78-88-81(84)74-72-70-68-66-64-62-60-58-56-54-52-50-48-46-35-33-31-29-27-25-23-21-19-17-15-13-11-9-7-2/h8,10,14,16,20,22,25-28,32,34,80H,6-7,9,11-13,15,17-19,21,23-24,29-31,33,35-79H2,1-5H3/p+1/b10-8-,16-14-,22-20-,27-25-,28-26-,34-32-. The normalized spacial score (nSPS) is 13.4. The van der Waals surface area contributed by atoms with Crippen LogP contribution in [0.4, 0.5) is 0 Å². The average Bonchev–Trinajstić information content (AvgIpc) is 2.14. The van der Waals surface area contributed by atoms with Crippen molar-refractivity contribution in [2.75, 3.05) is 47.5 Å². The highest BCUT2D eigenvalue weighted by atomic mass is 31.2. The number of phosphoric ester groups is 1. The highest BCUT2D eigenvalue weighted by Crippen LogP contribution is 2.43. The Morgan fingerprint density at radius 3 is 0.935 bits per heavy atom. The molecule has 0 saturated heterocycles. The van der Waals surface area contributed by atoms with Crippen LogP contribution in [-0.4, -0.2) is 74.9 Å². The van der Waals surface area contributed by atoms with Gasteiger partial charge in [0.1, 0.15) is 19.8 Å². The minimum Gasteiger partial charge on any atom is -0.462 e. The number of carbonyl (C=O) groups excluding carboxylic acids is 2. The van der Waals surface area contributed by atoms with E-state index in [-0.39, 0.29) is 25.6 Å². The Labute approximate surface area is 571 Å². The SMILES string of the molecule is CC/C=C\C/C=C\C/C=C\C/C=C\C/C=C\CCCCCCCCCCCCCCCCCCCCCCCCCC(=O)OC(COC(=O)CCCCCCCCCCCCCCCCCCC/C=C\CCCCCCCCCC)COP(=O)(O)OCC[N+](C)(C)C. The molecule has 0 rings (SSSR count). The van der Waals surface area contributed by atoms with Crippen LogP contribution < -0.4 is 0 Å². The zero-order valence-electron chi connectivity index (χ0n) is 61.5. The molecule has 2 unspecified atom stereocenters. The molecule has 0 amide bonds. The monoisotopic (exact) mass is 1310 g/mol. The Kier molecular flexibility index (Phi) is 70.7. The maximum absolute atomic E-state index is 12.9. The number of likely N-dealkylation sites (N-methyl/N-ethyl adjacent to an activating group) is 1. The molecule has 9 nitrogen and oxygen atoms in total. The van der Waals surface area contributed by atoms with Crippen molar-refractivity contribution in [1.29, 1.82) is 0 Å². The second kappa shape index (κ2) is 72.7. The second-order valence-electron chi connectivity index (χ2n) is 28.1. The first-order valence-corrected chi connectivity index (χ1v) is 41.2. The van der Waals surface area contributed by atoms with Crippen LogP contribution in [0, 0.1) is 0 Å². The van der Waals surface area contributed by atoms with Gasteiger partial charge in [-0.05, 0) is 83.5 Å². The smallest absolute Gasteiger partial charge is 0.462 e. The number of esters is 2. The number of phosphoric acid groups is 1. The van der Waals surface area contributed by atoms with E-state index in [1.807, 2.05) is 21.1 Å². The van der Waals surface area contributed by atoms with Crippen LogP contribution in [0.25, 0.3) is 0 Å². The molecule has 0 aliphatic heterocycles. The van der Waals surface area contributed by atoms with Gasteiger partial charge in [0, 0.05) is 12.8 Å². The van der Waals surface area contributed by atoms with Crippen LogP contribution in [0.1, 0.15) is 386 Å². The minimum atomic E-state index is -4.39. The average molecular weight is 1310 g/mol. The molecule has 0 aliphatic carbocycles. The Bertz CT molecular complexity index is 1780. The summed E-state index contributed by atoms with van der Waals surface area (Å²) in [6.45, 7) is 4.39. The zero-order valence-corrected chi connectivity index (χ0v) is 62.4. The molecular weight excluding hydrogens is 1160 g/mol. The molecule has 0 radical (unpaired) electrons.